The monoisotopic (exact) mass is 298 g/mol. The van der Waals surface area contributed by atoms with Crippen LogP contribution in [0.15, 0.2) is 0 Å². The lowest BCUT2D eigenvalue weighted by atomic mass is 9.95. The van der Waals surface area contributed by atoms with Gasteiger partial charge in [0.05, 0.1) is 0 Å². The third-order valence-corrected chi connectivity index (χ3v) is 4.11. The van der Waals surface area contributed by atoms with Gasteiger partial charge in [-0.05, 0) is 26.2 Å². The van der Waals surface area contributed by atoms with E-state index in [9.17, 15) is 9.59 Å². The fourth-order valence-electron chi connectivity index (χ4n) is 2.83. The predicted octanol–water partition coefficient (Wildman–Crippen LogP) is 1.25. The number of carbonyl (C=O) groups is 2. The number of hydrogen-bond acceptors (Lipinski definition) is 3. The standard InChI is InChI=1S/C15H30N4O2/c1-3-5-8-12(11-16)18-13(20)15(9-6-7-10-15)19-14(21)17-4-2/h12H,3-11,16H2,1-2H3,(H,18,20)(H2,17,19,21). The first-order valence-corrected chi connectivity index (χ1v) is 8.15. The molecule has 0 spiro atoms. The second-order valence-corrected chi connectivity index (χ2v) is 5.82. The van der Waals surface area contributed by atoms with E-state index in [0.29, 0.717) is 25.9 Å². The maximum absolute atomic E-state index is 12.6. The van der Waals surface area contributed by atoms with Crippen LogP contribution >= 0.6 is 0 Å². The zero-order chi connectivity index (χ0) is 15.7. The van der Waals surface area contributed by atoms with Gasteiger partial charge in [-0.2, -0.15) is 0 Å². The second-order valence-electron chi connectivity index (χ2n) is 5.82. The number of nitrogens with two attached hydrogens (primary N) is 1. The maximum atomic E-state index is 12.6. The summed E-state index contributed by atoms with van der Waals surface area (Å²) in [7, 11) is 0. The lowest BCUT2D eigenvalue weighted by Gasteiger charge is -2.31. The van der Waals surface area contributed by atoms with Crippen LogP contribution in [0.1, 0.15) is 58.8 Å². The third-order valence-electron chi connectivity index (χ3n) is 4.11. The molecule has 0 heterocycles. The van der Waals surface area contributed by atoms with Crippen LogP contribution in [0.4, 0.5) is 4.79 Å². The molecule has 0 aromatic carbocycles. The van der Waals surface area contributed by atoms with Crippen LogP contribution in [0.2, 0.25) is 0 Å². The van der Waals surface area contributed by atoms with E-state index in [1.807, 2.05) is 6.92 Å². The number of unbranched alkanes of at least 4 members (excludes halogenated alkanes) is 1. The van der Waals surface area contributed by atoms with E-state index < -0.39 is 5.54 Å². The maximum Gasteiger partial charge on any atom is 0.315 e. The number of carbonyl (C=O) groups excluding carboxylic acids is 2. The van der Waals surface area contributed by atoms with Gasteiger partial charge in [0, 0.05) is 19.1 Å². The number of urea groups is 1. The first-order chi connectivity index (χ1) is 10.1. The van der Waals surface area contributed by atoms with Gasteiger partial charge in [0.2, 0.25) is 5.91 Å². The van der Waals surface area contributed by atoms with Crippen molar-refractivity contribution in [1.29, 1.82) is 0 Å². The summed E-state index contributed by atoms with van der Waals surface area (Å²) in [4.78, 5) is 24.4. The molecule has 0 saturated heterocycles. The van der Waals surface area contributed by atoms with Crippen LogP contribution in [0.3, 0.4) is 0 Å². The quantitative estimate of drug-likeness (QED) is 0.543. The normalized spacial score (nSPS) is 18.0. The molecule has 6 nitrogen and oxygen atoms in total. The van der Waals surface area contributed by atoms with Gasteiger partial charge in [0.15, 0.2) is 0 Å². The highest BCUT2D eigenvalue weighted by Gasteiger charge is 2.42. The lowest BCUT2D eigenvalue weighted by Crippen LogP contribution is -2.61. The van der Waals surface area contributed by atoms with Crippen LogP contribution < -0.4 is 21.7 Å². The summed E-state index contributed by atoms with van der Waals surface area (Å²) in [6.07, 6.45) is 6.32. The molecule has 21 heavy (non-hydrogen) atoms. The van der Waals surface area contributed by atoms with Gasteiger partial charge >= 0.3 is 6.03 Å². The minimum absolute atomic E-state index is 0.00837. The van der Waals surface area contributed by atoms with Gasteiger partial charge in [0.25, 0.3) is 0 Å². The molecule has 3 amide bonds. The Morgan fingerprint density at radius 2 is 1.90 bits per heavy atom. The first kappa shape index (κ1) is 17.8. The summed E-state index contributed by atoms with van der Waals surface area (Å²) in [6, 6.07) is -0.279. The summed E-state index contributed by atoms with van der Waals surface area (Å²) in [5.41, 5.74) is 4.97. The van der Waals surface area contributed by atoms with Gasteiger partial charge in [0.1, 0.15) is 5.54 Å². The molecule has 122 valence electrons. The van der Waals surface area contributed by atoms with Crippen LogP contribution in [0, 0.1) is 0 Å². The van der Waals surface area contributed by atoms with Crippen molar-refractivity contribution in [3.05, 3.63) is 0 Å². The Morgan fingerprint density at radius 3 is 2.43 bits per heavy atom. The second kappa shape index (κ2) is 8.87. The predicted molar refractivity (Wildman–Crippen MR) is 83.9 cm³/mol. The molecule has 6 heteroatoms. The van der Waals surface area contributed by atoms with Crippen molar-refractivity contribution in [2.24, 2.45) is 5.73 Å². The molecule has 0 radical (unpaired) electrons. The van der Waals surface area contributed by atoms with E-state index in [1.165, 1.54) is 0 Å². The van der Waals surface area contributed by atoms with Crippen LogP contribution in [0.5, 0.6) is 0 Å². The Balaban J connectivity index is 2.66. The summed E-state index contributed by atoms with van der Waals surface area (Å²) < 4.78 is 0. The highest BCUT2D eigenvalue weighted by atomic mass is 16.2. The van der Waals surface area contributed by atoms with Crippen molar-refractivity contribution in [2.75, 3.05) is 13.1 Å². The SMILES string of the molecule is CCCCC(CN)NC(=O)C1(NC(=O)NCC)CCCC1. The Morgan fingerprint density at radius 1 is 1.24 bits per heavy atom. The van der Waals surface area contributed by atoms with E-state index in [-0.39, 0.29) is 18.0 Å². The molecule has 1 atom stereocenters. The Kier molecular flexibility index (Phi) is 7.50. The fraction of sp³-hybridized carbons (Fsp3) is 0.867. The summed E-state index contributed by atoms with van der Waals surface area (Å²) in [6.45, 7) is 4.95. The van der Waals surface area contributed by atoms with Crippen LogP contribution in [-0.2, 0) is 4.79 Å². The van der Waals surface area contributed by atoms with E-state index in [0.717, 1.165) is 32.1 Å². The molecule has 1 fully saturated rings. The van der Waals surface area contributed by atoms with Crippen molar-refractivity contribution in [3.63, 3.8) is 0 Å². The molecule has 0 aromatic rings. The fourth-order valence-corrected chi connectivity index (χ4v) is 2.83. The van der Waals surface area contributed by atoms with Gasteiger partial charge in [-0.25, -0.2) is 4.79 Å². The zero-order valence-electron chi connectivity index (χ0n) is 13.3. The molecule has 0 aromatic heterocycles. The molecule has 0 aliphatic heterocycles. The summed E-state index contributed by atoms with van der Waals surface area (Å²) >= 11 is 0. The highest BCUT2D eigenvalue weighted by molar-refractivity contribution is 5.91. The minimum atomic E-state index is -0.765. The number of nitrogens with one attached hydrogen (secondary N) is 3. The molecule has 1 aliphatic rings. The molecular formula is C15H30N4O2. The van der Waals surface area contributed by atoms with Crippen molar-refractivity contribution < 1.29 is 9.59 Å². The summed E-state index contributed by atoms with van der Waals surface area (Å²) in [5, 5.41) is 8.60. The number of hydrogen-bond donors (Lipinski definition) is 4. The molecule has 1 rings (SSSR count). The number of amides is 3. The largest absolute Gasteiger partial charge is 0.350 e. The topological polar surface area (TPSA) is 96.2 Å². The number of rotatable bonds is 8. The van der Waals surface area contributed by atoms with Crippen molar-refractivity contribution in [3.8, 4) is 0 Å². The average molecular weight is 298 g/mol. The van der Waals surface area contributed by atoms with Crippen molar-refractivity contribution in [2.45, 2.75) is 70.4 Å². The smallest absolute Gasteiger partial charge is 0.315 e. The van der Waals surface area contributed by atoms with Gasteiger partial charge in [-0.15, -0.1) is 0 Å². The van der Waals surface area contributed by atoms with Gasteiger partial charge in [-0.1, -0.05) is 32.6 Å². The average Bonchev–Trinajstić information content (AvgIpc) is 2.93. The van der Waals surface area contributed by atoms with E-state index in [1.54, 1.807) is 0 Å². The Labute approximate surface area is 127 Å². The zero-order valence-corrected chi connectivity index (χ0v) is 13.3. The summed E-state index contributed by atoms with van der Waals surface area (Å²) in [5.74, 6) is -0.0854. The highest BCUT2D eigenvalue weighted by Crippen LogP contribution is 2.30. The van der Waals surface area contributed by atoms with Crippen LogP contribution in [-0.4, -0.2) is 36.6 Å². The van der Waals surface area contributed by atoms with Crippen LogP contribution in [0.25, 0.3) is 0 Å². The third kappa shape index (κ3) is 5.19. The minimum Gasteiger partial charge on any atom is -0.350 e. The van der Waals surface area contributed by atoms with Crippen molar-refractivity contribution in [1.82, 2.24) is 16.0 Å². The molecule has 1 saturated carbocycles. The van der Waals surface area contributed by atoms with Crippen molar-refractivity contribution >= 4 is 11.9 Å². The van der Waals surface area contributed by atoms with E-state index in [4.69, 9.17) is 5.73 Å². The molecule has 1 aliphatic carbocycles. The Hall–Kier alpha value is -1.30. The lowest BCUT2D eigenvalue weighted by molar-refractivity contribution is -0.127. The molecule has 5 N–H and O–H groups in total. The first-order valence-electron chi connectivity index (χ1n) is 8.15. The van der Waals surface area contributed by atoms with E-state index in [2.05, 4.69) is 22.9 Å². The van der Waals surface area contributed by atoms with E-state index >= 15 is 0 Å². The van der Waals surface area contributed by atoms with Gasteiger partial charge in [-0.3, -0.25) is 4.79 Å². The Bertz CT molecular complexity index is 341. The molecule has 0 bridgehead atoms. The van der Waals surface area contributed by atoms with Gasteiger partial charge < -0.3 is 21.7 Å². The molecule has 1 unspecified atom stereocenters. The molecular weight excluding hydrogens is 268 g/mol.